The van der Waals surface area contributed by atoms with Crippen LogP contribution in [-0.4, -0.2) is 42.7 Å². The minimum atomic E-state index is -3.50. The molecule has 2 N–H and O–H groups in total. The van der Waals surface area contributed by atoms with Gasteiger partial charge in [0.25, 0.3) is 0 Å². The summed E-state index contributed by atoms with van der Waals surface area (Å²) in [4.78, 5) is 13.4. The van der Waals surface area contributed by atoms with Crippen molar-refractivity contribution in [2.45, 2.75) is 24.6 Å². The molecule has 1 heterocycles. The molecular weight excluding hydrogens is 352 g/mol. The van der Waals surface area contributed by atoms with Crippen molar-refractivity contribution in [1.29, 1.82) is 0 Å². The van der Waals surface area contributed by atoms with Crippen LogP contribution < -0.4 is 4.72 Å². The van der Waals surface area contributed by atoms with Gasteiger partial charge in [0.1, 0.15) is 0 Å². The van der Waals surface area contributed by atoms with Crippen molar-refractivity contribution in [3.8, 4) is 0 Å². The molecule has 0 bridgehead atoms. The number of carboxylic acid groups (broad SMARTS) is 1. The van der Waals surface area contributed by atoms with E-state index in [9.17, 15) is 18.3 Å². The molecule has 7 heteroatoms. The highest BCUT2D eigenvalue weighted by molar-refractivity contribution is 7.93. The first-order valence-electron chi connectivity index (χ1n) is 8.56. The summed E-state index contributed by atoms with van der Waals surface area (Å²) in [6, 6.07) is 15.7. The molecular formula is C19H22N2O4S. The van der Waals surface area contributed by atoms with Gasteiger partial charge in [0.05, 0.1) is 10.8 Å². The fourth-order valence-electron chi connectivity index (χ4n) is 3.27. The van der Waals surface area contributed by atoms with Gasteiger partial charge in [0.2, 0.25) is 10.0 Å². The first kappa shape index (κ1) is 18.4. The lowest BCUT2D eigenvalue weighted by molar-refractivity contribution is 0.0694. The number of hydrogen-bond donors (Lipinski definition) is 2. The average molecular weight is 374 g/mol. The molecule has 6 nitrogen and oxygen atoms in total. The van der Waals surface area contributed by atoms with E-state index in [1.54, 1.807) is 48.5 Å². The van der Waals surface area contributed by atoms with Gasteiger partial charge in [-0.3, -0.25) is 9.62 Å². The van der Waals surface area contributed by atoms with Crippen molar-refractivity contribution in [2.75, 3.05) is 17.8 Å². The maximum atomic E-state index is 12.7. The molecule has 0 aromatic heterocycles. The molecule has 138 valence electrons. The number of likely N-dealkylation sites (tertiary alicyclic amines) is 1. The minimum Gasteiger partial charge on any atom is -0.478 e. The zero-order valence-corrected chi connectivity index (χ0v) is 15.2. The van der Waals surface area contributed by atoms with Gasteiger partial charge < -0.3 is 5.11 Å². The Kier molecular flexibility index (Phi) is 5.58. The van der Waals surface area contributed by atoms with Crippen LogP contribution in [0.1, 0.15) is 28.8 Å². The van der Waals surface area contributed by atoms with E-state index in [-0.39, 0.29) is 5.56 Å². The molecule has 1 atom stereocenters. The highest BCUT2D eigenvalue weighted by Gasteiger charge is 2.31. The molecule has 1 aliphatic heterocycles. The number of anilines is 1. The molecule has 1 fully saturated rings. The number of nitrogens with zero attached hydrogens (tertiary/aromatic N) is 1. The molecule has 0 spiro atoms. The summed E-state index contributed by atoms with van der Waals surface area (Å²) >= 11 is 0. The van der Waals surface area contributed by atoms with Crippen LogP contribution in [0.15, 0.2) is 54.6 Å². The molecule has 0 amide bonds. The summed E-state index contributed by atoms with van der Waals surface area (Å²) in [6.45, 7) is 1.57. The Hall–Kier alpha value is -2.38. The number of carboxylic acids is 1. The van der Waals surface area contributed by atoms with Gasteiger partial charge in [-0.2, -0.15) is 0 Å². The van der Waals surface area contributed by atoms with Gasteiger partial charge in [-0.15, -0.1) is 0 Å². The Labute approximate surface area is 153 Å². The first-order valence-corrected chi connectivity index (χ1v) is 10.1. The highest BCUT2D eigenvalue weighted by Crippen LogP contribution is 2.22. The van der Waals surface area contributed by atoms with Gasteiger partial charge in [-0.05, 0) is 43.1 Å². The van der Waals surface area contributed by atoms with Crippen molar-refractivity contribution >= 4 is 21.7 Å². The lowest BCUT2D eigenvalue weighted by Crippen LogP contribution is -2.43. The summed E-state index contributed by atoms with van der Waals surface area (Å²) in [5, 5.41) is 8.80. The molecule has 1 saturated heterocycles. The Morgan fingerprint density at radius 1 is 1.12 bits per heavy atom. The number of para-hydroxylation sites is 1. The maximum absolute atomic E-state index is 12.7. The SMILES string of the molecule is O=C(O)c1ccccc1CN1CCCC(S(=O)(=O)Nc2ccccc2)C1. The third-order valence-electron chi connectivity index (χ3n) is 4.58. The van der Waals surface area contributed by atoms with Gasteiger partial charge >= 0.3 is 5.97 Å². The second-order valence-electron chi connectivity index (χ2n) is 6.47. The Balaban J connectivity index is 1.70. The Bertz CT molecular complexity index is 868. The van der Waals surface area contributed by atoms with Crippen molar-refractivity contribution in [3.05, 3.63) is 65.7 Å². The lowest BCUT2D eigenvalue weighted by Gasteiger charge is -2.32. The average Bonchev–Trinajstić information content (AvgIpc) is 2.63. The predicted octanol–water partition coefficient (Wildman–Crippen LogP) is 2.79. The van der Waals surface area contributed by atoms with Crippen LogP contribution >= 0.6 is 0 Å². The zero-order chi connectivity index (χ0) is 18.6. The summed E-state index contributed by atoms with van der Waals surface area (Å²) in [5.74, 6) is -0.965. The normalized spacial score (nSPS) is 18.4. The number of piperidine rings is 1. The number of rotatable bonds is 6. The van der Waals surface area contributed by atoms with Crippen LogP contribution in [0.5, 0.6) is 0 Å². The molecule has 3 rings (SSSR count). The molecule has 26 heavy (non-hydrogen) atoms. The zero-order valence-electron chi connectivity index (χ0n) is 14.3. The molecule has 0 radical (unpaired) electrons. The molecule has 1 aliphatic rings. The summed E-state index contributed by atoms with van der Waals surface area (Å²) in [6.07, 6.45) is 1.36. The second-order valence-corrected chi connectivity index (χ2v) is 8.44. The van der Waals surface area contributed by atoms with E-state index >= 15 is 0 Å². The number of aromatic carboxylic acids is 1. The minimum absolute atomic E-state index is 0.264. The summed E-state index contributed by atoms with van der Waals surface area (Å²) in [5.41, 5.74) is 1.52. The quantitative estimate of drug-likeness (QED) is 0.812. The van der Waals surface area contributed by atoms with Crippen LogP contribution in [-0.2, 0) is 16.6 Å². The van der Waals surface area contributed by atoms with E-state index in [0.29, 0.717) is 30.8 Å². The second kappa shape index (κ2) is 7.88. The topological polar surface area (TPSA) is 86.7 Å². The van der Waals surface area contributed by atoms with Crippen LogP contribution in [0.2, 0.25) is 0 Å². The molecule has 0 saturated carbocycles. The van der Waals surface area contributed by atoms with E-state index in [4.69, 9.17) is 0 Å². The van der Waals surface area contributed by atoms with E-state index < -0.39 is 21.2 Å². The van der Waals surface area contributed by atoms with Crippen LogP contribution in [0.4, 0.5) is 5.69 Å². The highest BCUT2D eigenvalue weighted by atomic mass is 32.2. The molecule has 0 aliphatic carbocycles. The van der Waals surface area contributed by atoms with E-state index in [0.717, 1.165) is 13.0 Å². The van der Waals surface area contributed by atoms with Gasteiger partial charge in [-0.25, -0.2) is 13.2 Å². The molecule has 2 aromatic rings. The molecule has 1 unspecified atom stereocenters. The largest absolute Gasteiger partial charge is 0.478 e. The first-order chi connectivity index (χ1) is 12.5. The van der Waals surface area contributed by atoms with Crippen LogP contribution in [0, 0.1) is 0 Å². The number of nitrogens with one attached hydrogen (secondary N) is 1. The van der Waals surface area contributed by atoms with Gasteiger partial charge in [0.15, 0.2) is 0 Å². The van der Waals surface area contributed by atoms with Crippen LogP contribution in [0.3, 0.4) is 0 Å². The standard InChI is InChI=1S/C19H22N2O4S/c22-19(23)18-11-5-4-7-15(18)13-21-12-6-10-17(14-21)26(24,25)20-16-8-2-1-3-9-16/h1-5,7-9,11,17,20H,6,10,12-14H2,(H,22,23). The number of benzene rings is 2. The van der Waals surface area contributed by atoms with E-state index in [2.05, 4.69) is 4.72 Å². The van der Waals surface area contributed by atoms with Crippen molar-refractivity contribution < 1.29 is 18.3 Å². The number of carbonyl (C=O) groups is 1. The number of hydrogen-bond acceptors (Lipinski definition) is 4. The smallest absolute Gasteiger partial charge is 0.336 e. The van der Waals surface area contributed by atoms with Crippen molar-refractivity contribution in [3.63, 3.8) is 0 Å². The monoisotopic (exact) mass is 374 g/mol. The maximum Gasteiger partial charge on any atom is 0.336 e. The van der Waals surface area contributed by atoms with E-state index in [1.165, 1.54) is 0 Å². The summed E-state index contributed by atoms with van der Waals surface area (Å²) in [7, 11) is -3.50. The predicted molar refractivity (Wildman–Crippen MR) is 101 cm³/mol. The van der Waals surface area contributed by atoms with E-state index in [1.807, 2.05) is 11.0 Å². The van der Waals surface area contributed by atoms with Crippen molar-refractivity contribution in [2.24, 2.45) is 0 Å². The third kappa shape index (κ3) is 4.42. The molecule has 2 aromatic carbocycles. The lowest BCUT2D eigenvalue weighted by atomic mass is 10.1. The number of sulfonamides is 1. The van der Waals surface area contributed by atoms with Gasteiger partial charge in [0, 0.05) is 18.8 Å². The fourth-order valence-corrected chi connectivity index (χ4v) is 4.79. The van der Waals surface area contributed by atoms with Crippen LogP contribution in [0.25, 0.3) is 0 Å². The summed E-state index contributed by atoms with van der Waals surface area (Å²) < 4.78 is 28.0. The third-order valence-corrected chi connectivity index (χ3v) is 6.36. The fraction of sp³-hybridized carbons (Fsp3) is 0.316. The van der Waals surface area contributed by atoms with Gasteiger partial charge in [-0.1, -0.05) is 36.4 Å². The van der Waals surface area contributed by atoms with Crippen molar-refractivity contribution in [1.82, 2.24) is 4.90 Å². The Morgan fingerprint density at radius 3 is 2.54 bits per heavy atom. The Morgan fingerprint density at radius 2 is 1.81 bits per heavy atom.